The van der Waals surface area contributed by atoms with E-state index in [4.69, 9.17) is 16.3 Å². The van der Waals surface area contributed by atoms with E-state index in [2.05, 4.69) is 5.32 Å². The average Bonchev–Trinajstić information content (AvgIpc) is 1.97. The second kappa shape index (κ2) is 6.43. The molecular formula is C7H14ClNO2. The van der Waals surface area contributed by atoms with Crippen LogP contribution in [0.25, 0.3) is 0 Å². The smallest absolute Gasteiger partial charge is 0.236 e. The highest BCUT2D eigenvalue weighted by atomic mass is 35.5. The van der Waals surface area contributed by atoms with Crippen LogP contribution in [0.15, 0.2) is 0 Å². The SMILES string of the molecule is CC(C)COCNC(=O)CCl. The van der Waals surface area contributed by atoms with E-state index in [1.165, 1.54) is 0 Å². The van der Waals surface area contributed by atoms with E-state index < -0.39 is 0 Å². The van der Waals surface area contributed by atoms with Crippen LogP contribution in [0.5, 0.6) is 0 Å². The van der Waals surface area contributed by atoms with Gasteiger partial charge in [0.1, 0.15) is 12.6 Å². The van der Waals surface area contributed by atoms with E-state index in [1.807, 2.05) is 13.8 Å². The van der Waals surface area contributed by atoms with Gasteiger partial charge in [-0.25, -0.2) is 0 Å². The number of carbonyl (C=O) groups excluding carboxylic acids is 1. The number of alkyl halides is 1. The number of rotatable bonds is 5. The van der Waals surface area contributed by atoms with Gasteiger partial charge in [-0.2, -0.15) is 0 Å². The molecule has 0 atom stereocenters. The first-order valence-electron chi connectivity index (χ1n) is 3.57. The van der Waals surface area contributed by atoms with Gasteiger partial charge in [-0.3, -0.25) is 4.79 Å². The Bertz CT molecular complexity index is 117. The zero-order chi connectivity index (χ0) is 8.69. The zero-order valence-electron chi connectivity index (χ0n) is 6.89. The predicted molar refractivity (Wildman–Crippen MR) is 44.5 cm³/mol. The summed E-state index contributed by atoms with van der Waals surface area (Å²) in [5, 5.41) is 2.49. The Balaban J connectivity index is 3.08. The maximum atomic E-state index is 10.5. The maximum absolute atomic E-state index is 10.5. The molecule has 66 valence electrons. The Morgan fingerprint density at radius 1 is 1.64 bits per heavy atom. The topological polar surface area (TPSA) is 38.3 Å². The summed E-state index contributed by atoms with van der Waals surface area (Å²) < 4.78 is 5.08. The van der Waals surface area contributed by atoms with Crippen LogP contribution in [0.2, 0.25) is 0 Å². The van der Waals surface area contributed by atoms with E-state index >= 15 is 0 Å². The molecule has 0 aromatic rings. The molecule has 0 spiro atoms. The van der Waals surface area contributed by atoms with Gasteiger partial charge in [-0.15, -0.1) is 11.6 Å². The number of halogens is 1. The molecule has 0 aromatic carbocycles. The van der Waals surface area contributed by atoms with Gasteiger partial charge in [0.2, 0.25) is 5.91 Å². The van der Waals surface area contributed by atoms with Crippen molar-refractivity contribution in [2.45, 2.75) is 13.8 Å². The van der Waals surface area contributed by atoms with Crippen LogP contribution in [-0.4, -0.2) is 25.1 Å². The van der Waals surface area contributed by atoms with Gasteiger partial charge < -0.3 is 10.1 Å². The summed E-state index contributed by atoms with van der Waals surface area (Å²) in [6.45, 7) is 5.00. The van der Waals surface area contributed by atoms with Crippen LogP contribution >= 0.6 is 11.6 Å². The Morgan fingerprint density at radius 2 is 2.27 bits per heavy atom. The highest BCUT2D eigenvalue weighted by Crippen LogP contribution is 1.90. The zero-order valence-corrected chi connectivity index (χ0v) is 7.65. The molecular weight excluding hydrogens is 166 g/mol. The molecule has 0 heterocycles. The summed E-state index contributed by atoms with van der Waals surface area (Å²) in [6.07, 6.45) is 0. The highest BCUT2D eigenvalue weighted by Gasteiger charge is 1.96. The van der Waals surface area contributed by atoms with Crippen molar-refractivity contribution in [3.8, 4) is 0 Å². The van der Waals surface area contributed by atoms with Gasteiger partial charge in [-0.05, 0) is 5.92 Å². The first-order valence-corrected chi connectivity index (χ1v) is 4.10. The van der Waals surface area contributed by atoms with Gasteiger partial charge in [0.15, 0.2) is 0 Å². The fourth-order valence-corrected chi connectivity index (χ4v) is 0.568. The first-order chi connectivity index (χ1) is 5.16. The molecule has 0 saturated carbocycles. The number of amides is 1. The lowest BCUT2D eigenvalue weighted by molar-refractivity contribution is -0.120. The van der Waals surface area contributed by atoms with Crippen molar-refractivity contribution in [1.29, 1.82) is 0 Å². The molecule has 0 aliphatic carbocycles. The number of hydrogen-bond acceptors (Lipinski definition) is 2. The van der Waals surface area contributed by atoms with Gasteiger partial charge in [0, 0.05) is 0 Å². The normalized spacial score (nSPS) is 10.2. The molecule has 0 radical (unpaired) electrons. The lowest BCUT2D eigenvalue weighted by Crippen LogP contribution is -2.27. The van der Waals surface area contributed by atoms with E-state index in [0.717, 1.165) is 0 Å². The lowest BCUT2D eigenvalue weighted by Gasteiger charge is -2.06. The molecule has 0 aromatic heterocycles. The largest absolute Gasteiger partial charge is 0.361 e. The standard InChI is InChI=1S/C7H14ClNO2/c1-6(2)4-11-5-9-7(10)3-8/h6H,3-5H2,1-2H3,(H,9,10). The Kier molecular flexibility index (Phi) is 6.27. The summed E-state index contributed by atoms with van der Waals surface area (Å²) >= 11 is 5.23. The fourth-order valence-electron chi connectivity index (χ4n) is 0.473. The van der Waals surface area contributed by atoms with Crippen LogP contribution < -0.4 is 5.32 Å². The molecule has 1 amide bonds. The molecule has 0 bridgehead atoms. The Hall–Kier alpha value is -0.280. The van der Waals surface area contributed by atoms with Gasteiger partial charge in [0.05, 0.1) is 6.61 Å². The number of nitrogens with one attached hydrogen (secondary N) is 1. The van der Waals surface area contributed by atoms with Crippen molar-refractivity contribution < 1.29 is 9.53 Å². The molecule has 0 fully saturated rings. The molecule has 0 saturated heterocycles. The Morgan fingerprint density at radius 3 is 2.73 bits per heavy atom. The van der Waals surface area contributed by atoms with Crippen LogP contribution in [0.1, 0.15) is 13.8 Å². The quantitative estimate of drug-likeness (QED) is 0.388. The summed E-state index contributed by atoms with van der Waals surface area (Å²) in [6, 6.07) is 0. The average molecular weight is 180 g/mol. The fraction of sp³-hybridized carbons (Fsp3) is 0.857. The highest BCUT2D eigenvalue weighted by molar-refractivity contribution is 6.27. The molecule has 0 rings (SSSR count). The van der Waals surface area contributed by atoms with E-state index in [1.54, 1.807) is 0 Å². The summed E-state index contributed by atoms with van der Waals surface area (Å²) in [7, 11) is 0. The first kappa shape index (κ1) is 10.7. The van der Waals surface area contributed by atoms with Gasteiger partial charge in [-0.1, -0.05) is 13.8 Å². The maximum Gasteiger partial charge on any atom is 0.236 e. The summed E-state index contributed by atoms with van der Waals surface area (Å²) in [5.41, 5.74) is 0. The minimum absolute atomic E-state index is 0.00889. The van der Waals surface area contributed by atoms with Crippen LogP contribution in [0.3, 0.4) is 0 Å². The van der Waals surface area contributed by atoms with Crippen molar-refractivity contribution >= 4 is 17.5 Å². The third kappa shape index (κ3) is 7.62. The van der Waals surface area contributed by atoms with Crippen molar-refractivity contribution in [3.05, 3.63) is 0 Å². The van der Waals surface area contributed by atoms with E-state index in [9.17, 15) is 4.79 Å². The van der Waals surface area contributed by atoms with Crippen LogP contribution in [0.4, 0.5) is 0 Å². The number of carbonyl (C=O) groups is 1. The van der Waals surface area contributed by atoms with Crippen LogP contribution in [-0.2, 0) is 9.53 Å². The molecule has 11 heavy (non-hydrogen) atoms. The molecule has 3 nitrogen and oxygen atoms in total. The second-order valence-corrected chi connectivity index (χ2v) is 2.91. The third-order valence-corrected chi connectivity index (χ3v) is 1.19. The molecule has 0 aliphatic rings. The minimum Gasteiger partial charge on any atom is -0.361 e. The predicted octanol–water partition coefficient (Wildman–Crippen LogP) is 0.971. The van der Waals surface area contributed by atoms with Crippen molar-refractivity contribution in [1.82, 2.24) is 5.32 Å². The van der Waals surface area contributed by atoms with Crippen molar-refractivity contribution in [3.63, 3.8) is 0 Å². The van der Waals surface area contributed by atoms with Crippen molar-refractivity contribution in [2.24, 2.45) is 5.92 Å². The second-order valence-electron chi connectivity index (χ2n) is 2.64. The van der Waals surface area contributed by atoms with E-state index in [0.29, 0.717) is 12.5 Å². The minimum atomic E-state index is -0.199. The molecule has 1 N–H and O–H groups in total. The van der Waals surface area contributed by atoms with Crippen LogP contribution in [0, 0.1) is 5.92 Å². The summed E-state index contributed by atoms with van der Waals surface area (Å²) in [5.74, 6) is 0.281. The number of ether oxygens (including phenoxy) is 1. The lowest BCUT2D eigenvalue weighted by atomic mass is 10.2. The molecule has 4 heteroatoms. The van der Waals surface area contributed by atoms with Gasteiger partial charge >= 0.3 is 0 Å². The molecule has 0 unspecified atom stereocenters. The van der Waals surface area contributed by atoms with Gasteiger partial charge in [0.25, 0.3) is 0 Å². The number of hydrogen-bond donors (Lipinski definition) is 1. The van der Waals surface area contributed by atoms with Crippen molar-refractivity contribution in [2.75, 3.05) is 19.2 Å². The Labute approximate surface area is 72.1 Å². The monoisotopic (exact) mass is 179 g/mol. The third-order valence-electron chi connectivity index (χ3n) is 0.944. The molecule has 0 aliphatic heterocycles. The van der Waals surface area contributed by atoms with E-state index in [-0.39, 0.29) is 18.5 Å². The summed E-state index contributed by atoms with van der Waals surface area (Å²) in [4.78, 5) is 10.5.